The summed E-state index contributed by atoms with van der Waals surface area (Å²) in [5.74, 6) is 0.546. The summed E-state index contributed by atoms with van der Waals surface area (Å²) in [6.45, 7) is 3.20. The van der Waals surface area contributed by atoms with Gasteiger partial charge < -0.3 is 10.2 Å². The molecule has 3 heterocycles. The summed E-state index contributed by atoms with van der Waals surface area (Å²) < 4.78 is 1.65. The van der Waals surface area contributed by atoms with Crippen LogP contribution in [0.25, 0.3) is 16.7 Å². The molecule has 0 radical (unpaired) electrons. The normalized spacial score (nSPS) is 17.0. The molecule has 134 valence electrons. The molecular weight excluding hydrogens is 332 g/mol. The first-order chi connectivity index (χ1) is 12.7. The monoisotopic (exact) mass is 352 g/mol. The number of para-hydroxylation sites is 1. The molecule has 1 amide bonds. The van der Waals surface area contributed by atoms with Crippen LogP contribution in [0, 0.1) is 0 Å². The van der Waals surface area contributed by atoms with Crippen molar-refractivity contribution < 1.29 is 4.79 Å². The van der Waals surface area contributed by atoms with E-state index in [1.807, 2.05) is 42.2 Å². The lowest BCUT2D eigenvalue weighted by Crippen LogP contribution is -2.31. The quantitative estimate of drug-likeness (QED) is 0.742. The maximum absolute atomic E-state index is 12.4. The lowest BCUT2D eigenvalue weighted by molar-refractivity contribution is -0.129. The first-order valence-corrected chi connectivity index (χ1v) is 8.73. The third kappa shape index (κ3) is 2.94. The topological polar surface area (TPSA) is 95.9 Å². The number of hydrogen-bond acceptors (Lipinski definition) is 5. The van der Waals surface area contributed by atoms with Crippen LogP contribution >= 0.6 is 0 Å². The Morgan fingerprint density at radius 3 is 2.92 bits per heavy atom. The highest BCUT2D eigenvalue weighted by molar-refractivity contribution is 5.77. The average Bonchev–Trinajstić information content (AvgIpc) is 3.29. The van der Waals surface area contributed by atoms with Gasteiger partial charge in [-0.1, -0.05) is 25.1 Å². The van der Waals surface area contributed by atoms with Gasteiger partial charge in [0.25, 0.3) is 5.56 Å². The van der Waals surface area contributed by atoms with E-state index in [1.54, 1.807) is 4.68 Å². The SMILES string of the molecule is CCC(=O)N1CCC(Nc2nc3c(cnn3-c3ccccc3)c(=O)[nH]2)C1. The lowest BCUT2D eigenvalue weighted by atomic mass is 10.3. The van der Waals surface area contributed by atoms with Crippen molar-refractivity contribution >= 4 is 22.9 Å². The van der Waals surface area contributed by atoms with Crippen molar-refractivity contribution in [3.05, 3.63) is 46.9 Å². The van der Waals surface area contributed by atoms with Crippen LogP contribution in [0.2, 0.25) is 0 Å². The molecule has 1 saturated heterocycles. The van der Waals surface area contributed by atoms with Gasteiger partial charge >= 0.3 is 0 Å². The predicted molar refractivity (Wildman–Crippen MR) is 98.4 cm³/mol. The van der Waals surface area contributed by atoms with E-state index in [9.17, 15) is 9.59 Å². The Labute approximate surface area is 149 Å². The van der Waals surface area contributed by atoms with Crippen LogP contribution in [-0.4, -0.2) is 49.7 Å². The number of H-pyrrole nitrogens is 1. The summed E-state index contributed by atoms with van der Waals surface area (Å²) in [5.41, 5.74) is 1.10. The molecule has 1 fully saturated rings. The molecule has 1 aromatic carbocycles. The first-order valence-electron chi connectivity index (χ1n) is 8.73. The second-order valence-corrected chi connectivity index (χ2v) is 6.37. The van der Waals surface area contributed by atoms with Crippen LogP contribution in [0.5, 0.6) is 0 Å². The van der Waals surface area contributed by atoms with Crippen molar-refractivity contribution in [1.82, 2.24) is 24.6 Å². The number of rotatable bonds is 4. The van der Waals surface area contributed by atoms with E-state index in [-0.39, 0.29) is 17.5 Å². The van der Waals surface area contributed by atoms with E-state index in [0.717, 1.165) is 18.7 Å². The van der Waals surface area contributed by atoms with E-state index in [0.29, 0.717) is 29.9 Å². The highest BCUT2D eigenvalue weighted by Gasteiger charge is 2.25. The van der Waals surface area contributed by atoms with Crippen LogP contribution in [0.1, 0.15) is 19.8 Å². The van der Waals surface area contributed by atoms with Crippen molar-refractivity contribution in [1.29, 1.82) is 0 Å². The Morgan fingerprint density at radius 1 is 1.35 bits per heavy atom. The molecule has 8 heteroatoms. The van der Waals surface area contributed by atoms with E-state index in [4.69, 9.17) is 0 Å². The van der Waals surface area contributed by atoms with E-state index >= 15 is 0 Å². The minimum absolute atomic E-state index is 0.0687. The molecular formula is C18H20N6O2. The minimum Gasteiger partial charge on any atom is -0.351 e. The summed E-state index contributed by atoms with van der Waals surface area (Å²) in [6.07, 6.45) is 2.85. The number of benzene rings is 1. The highest BCUT2D eigenvalue weighted by Crippen LogP contribution is 2.17. The number of hydrogen-bond donors (Lipinski definition) is 2. The first kappa shape index (κ1) is 16.3. The molecule has 3 aromatic rings. The van der Waals surface area contributed by atoms with E-state index in [2.05, 4.69) is 20.4 Å². The summed E-state index contributed by atoms with van der Waals surface area (Å²) in [5, 5.41) is 7.99. The number of amides is 1. The Bertz CT molecular complexity index is 994. The van der Waals surface area contributed by atoms with Crippen LogP contribution in [0.3, 0.4) is 0 Å². The Balaban J connectivity index is 1.63. The highest BCUT2D eigenvalue weighted by atomic mass is 16.2. The molecule has 1 aliphatic heterocycles. The molecule has 2 aromatic heterocycles. The van der Waals surface area contributed by atoms with Gasteiger partial charge in [0.15, 0.2) is 5.65 Å². The third-order valence-electron chi connectivity index (χ3n) is 4.62. The molecule has 0 saturated carbocycles. The maximum Gasteiger partial charge on any atom is 0.263 e. The standard InChI is InChI=1S/C18H20N6O2/c1-2-15(25)23-9-8-12(11-23)20-18-21-16-14(17(26)22-18)10-19-24(16)13-6-4-3-5-7-13/h3-7,10,12H,2,8-9,11H2,1H3,(H2,20,21,22,26). The zero-order valence-corrected chi connectivity index (χ0v) is 14.5. The van der Waals surface area contributed by atoms with Gasteiger partial charge in [0, 0.05) is 25.6 Å². The Morgan fingerprint density at radius 2 is 2.15 bits per heavy atom. The number of aromatic nitrogens is 4. The summed E-state index contributed by atoms with van der Waals surface area (Å²) >= 11 is 0. The molecule has 8 nitrogen and oxygen atoms in total. The van der Waals surface area contributed by atoms with Gasteiger partial charge in [-0.05, 0) is 18.6 Å². The summed E-state index contributed by atoms with van der Waals surface area (Å²) in [4.78, 5) is 33.4. The van der Waals surface area contributed by atoms with Crippen LogP contribution in [0.15, 0.2) is 41.3 Å². The zero-order chi connectivity index (χ0) is 18.1. The van der Waals surface area contributed by atoms with Crippen molar-refractivity contribution in [2.24, 2.45) is 0 Å². The predicted octanol–water partition coefficient (Wildman–Crippen LogP) is 1.53. The van der Waals surface area contributed by atoms with E-state index in [1.165, 1.54) is 6.20 Å². The lowest BCUT2D eigenvalue weighted by Gasteiger charge is -2.16. The molecule has 0 bridgehead atoms. The molecule has 1 aliphatic rings. The smallest absolute Gasteiger partial charge is 0.263 e. The third-order valence-corrected chi connectivity index (χ3v) is 4.62. The number of carbonyl (C=O) groups is 1. The number of nitrogens with zero attached hydrogens (tertiary/aromatic N) is 4. The largest absolute Gasteiger partial charge is 0.351 e. The van der Waals surface area contributed by atoms with Crippen molar-refractivity contribution in [2.75, 3.05) is 18.4 Å². The second kappa shape index (κ2) is 6.62. The van der Waals surface area contributed by atoms with Crippen LogP contribution < -0.4 is 10.9 Å². The van der Waals surface area contributed by atoms with E-state index < -0.39 is 0 Å². The number of likely N-dealkylation sites (tertiary alicyclic amines) is 1. The Kier molecular flexibility index (Phi) is 4.16. The fourth-order valence-corrected chi connectivity index (χ4v) is 3.27. The van der Waals surface area contributed by atoms with Crippen LogP contribution in [0.4, 0.5) is 5.95 Å². The molecule has 1 unspecified atom stereocenters. The number of nitrogens with one attached hydrogen (secondary N) is 2. The molecule has 0 aliphatic carbocycles. The van der Waals surface area contributed by atoms with Gasteiger partial charge in [-0.3, -0.25) is 14.6 Å². The Hall–Kier alpha value is -3.16. The summed E-state index contributed by atoms with van der Waals surface area (Å²) in [6, 6.07) is 9.63. The molecule has 0 spiro atoms. The van der Waals surface area contributed by atoms with Crippen molar-refractivity contribution in [2.45, 2.75) is 25.8 Å². The molecule has 2 N–H and O–H groups in total. The minimum atomic E-state index is -0.237. The number of fused-ring (bicyclic) bond motifs is 1. The van der Waals surface area contributed by atoms with Gasteiger partial charge in [0.05, 0.1) is 11.9 Å². The molecule has 1 atom stereocenters. The van der Waals surface area contributed by atoms with Gasteiger partial charge in [0.2, 0.25) is 11.9 Å². The molecule has 4 rings (SSSR count). The maximum atomic E-state index is 12.4. The summed E-state index contributed by atoms with van der Waals surface area (Å²) in [7, 11) is 0. The fourth-order valence-electron chi connectivity index (χ4n) is 3.27. The number of carbonyl (C=O) groups excluding carboxylic acids is 1. The number of aromatic amines is 1. The van der Waals surface area contributed by atoms with Gasteiger partial charge in [0.1, 0.15) is 5.39 Å². The van der Waals surface area contributed by atoms with Crippen molar-refractivity contribution in [3.8, 4) is 5.69 Å². The zero-order valence-electron chi connectivity index (χ0n) is 14.5. The average molecular weight is 352 g/mol. The van der Waals surface area contributed by atoms with Crippen LogP contribution in [-0.2, 0) is 4.79 Å². The number of anilines is 1. The van der Waals surface area contributed by atoms with Gasteiger partial charge in [-0.15, -0.1) is 0 Å². The molecule has 26 heavy (non-hydrogen) atoms. The second-order valence-electron chi connectivity index (χ2n) is 6.37. The fraction of sp³-hybridized carbons (Fsp3) is 0.333. The van der Waals surface area contributed by atoms with Crippen molar-refractivity contribution in [3.63, 3.8) is 0 Å². The van der Waals surface area contributed by atoms with Gasteiger partial charge in [-0.25, -0.2) is 4.68 Å². The van der Waals surface area contributed by atoms with Gasteiger partial charge in [-0.2, -0.15) is 10.1 Å².